The molecule has 0 unspecified atom stereocenters. The van der Waals surface area contributed by atoms with E-state index in [9.17, 15) is 4.79 Å². The van der Waals surface area contributed by atoms with Crippen LogP contribution in [-0.2, 0) is 17.8 Å². The van der Waals surface area contributed by atoms with E-state index in [1.54, 1.807) is 0 Å². The zero-order valence-corrected chi connectivity index (χ0v) is 22.8. The van der Waals surface area contributed by atoms with Crippen molar-refractivity contribution >= 4 is 17.4 Å². The molecule has 5 heteroatoms. The SMILES string of the molecule is O=C(Nc1cccc(C[C@@H]2CCCC=C2c2nc(-c3ccccc3)c(-c3ccccc3)o2)c1)OCc1ccccc1. The Morgan fingerprint density at radius 2 is 1.51 bits per heavy atom. The molecule has 4 aromatic carbocycles. The van der Waals surface area contributed by atoms with Gasteiger partial charge in [-0.25, -0.2) is 9.78 Å². The van der Waals surface area contributed by atoms with Gasteiger partial charge in [-0.3, -0.25) is 5.32 Å². The summed E-state index contributed by atoms with van der Waals surface area (Å²) in [5, 5.41) is 2.87. The Labute approximate surface area is 240 Å². The first kappa shape index (κ1) is 26.3. The minimum atomic E-state index is -0.467. The molecule has 0 spiro atoms. The van der Waals surface area contributed by atoms with Crippen LogP contribution in [-0.4, -0.2) is 11.1 Å². The average molecular weight is 541 g/mol. The van der Waals surface area contributed by atoms with E-state index in [0.717, 1.165) is 70.7 Å². The number of oxazole rings is 1. The molecular formula is C36H32N2O3. The van der Waals surface area contributed by atoms with Crippen molar-refractivity contribution in [3.8, 4) is 22.6 Å². The molecule has 204 valence electrons. The minimum Gasteiger partial charge on any atom is -0.444 e. The molecule has 1 aromatic heterocycles. The number of anilines is 1. The molecule has 0 saturated heterocycles. The highest BCUT2D eigenvalue weighted by Crippen LogP contribution is 2.40. The topological polar surface area (TPSA) is 64.4 Å². The molecule has 1 aliphatic carbocycles. The summed E-state index contributed by atoms with van der Waals surface area (Å²) >= 11 is 0. The first-order valence-electron chi connectivity index (χ1n) is 14.1. The minimum absolute atomic E-state index is 0.231. The summed E-state index contributed by atoms with van der Waals surface area (Å²) in [5.41, 5.74) is 6.86. The fourth-order valence-corrected chi connectivity index (χ4v) is 5.38. The van der Waals surface area contributed by atoms with Crippen LogP contribution in [0.2, 0.25) is 0 Å². The Morgan fingerprint density at radius 1 is 0.829 bits per heavy atom. The van der Waals surface area contributed by atoms with Gasteiger partial charge < -0.3 is 9.15 Å². The van der Waals surface area contributed by atoms with E-state index in [-0.39, 0.29) is 12.5 Å². The van der Waals surface area contributed by atoms with Gasteiger partial charge in [-0.05, 0) is 54.9 Å². The summed E-state index contributed by atoms with van der Waals surface area (Å²) in [7, 11) is 0. The molecule has 1 amide bonds. The van der Waals surface area contributed by atoms with E-state index in [1.807, 2.05) is 84.9 Å². The number of ether oxygens (including phenoxy) is 1. The highest BCUT2D eigenvalue weighted by atomic mass is 16.5. The maximum atomic E-state index is 12.4. The molecule has 5 aromatic rings. The number of carbonyl (C=O) groups excluding carboxylic acids is 1. The van der Waals surface area contributed by atoms with E-state index in [4.69, 9.17) is 14.1 Å². The van der Waals surface area contributed by atoms with Crippen molar-refractivity contribution in [2.45, 2.75) is 32.3 Å². The van der Waals surface area contributed by atoms with E-state index in [2.05, 4.69) is 41.7 Å². The van der Waals surface area contributed by atoms with Crippen molar-refractivity contribution in [3.05, 3.63) is 138 Å². The molecule has 6 rings (SSSR count). The summed E-state index contributed by atoms with van der Waals surface area (Å²) in [6, 6.07) is 38.0. The third-order valence-corrected chi connectivity index (χ3v) is 7.39. The van der Waals surface area contributed by atoms with Crippen LogP contribution in [0.3, 0.4) is 0 Å². The lowest BCUT2D eigenvalue weighted by Gasteiger charge is -2.22. The molecule has 1 heterocycles. The van der Waals surface area contributed by atoms with E-state index in [1.165, 1.54) is 0 Å². The number of amides is 1. The molecule has 0 aliphatic heterocycles. The van der Waals surface area contributed by atoms with Crippen molar-refractivity contribution in [1.82, 2.24) is 4.98 Å². The number of carbonyl (C=O) groups is 1. The normalized spacial score (nSPS) is 14.7. The van der Waals surface area contributed by atoms with Gasteiger partial charge in [0.15, 0.2) is 5.76 Å². The van der Waals surface area contributed by atoms with Crippen molar-refractivity contribution in [2.24, 2.45) is 5.92 Å². The predicted molar refractivity (Wildman–Crippen MR) is 163 cm³/mol. The predicted octanol–water partition coefficient (Wildman–Crippen LogP) is 9.18. The summed E-state index contributed by atoms with van der Waals surface area (Å²) in [6.45, 7) is 0.231. The fourth-order valence-electron chi connectivity index (χ4n) is 5.38. The number of aromatic nitrogens is 1. The second kappa shape index (κ2) is 12.5. The quantitative estimate of drug-likeness (QED) is 0.213. The zero-order valence-electron chi connectivity index (χ0n) is 22.8. The maximum Gasteiger partial charge on any atom is 0.411 e. The Morgan fingerprint density at radius 3 is 2.27 bits per heavy atom. The zero-order chi connectivity index (χ0) is 27.9. The van der Waals surface area contributed by atoms with Crippen LogP contribution in [0.15, 0.2) is 126 Å². The van der Waals surface area contributed by atoms with Gasteiger partial charge in [-0.15, -0.1) is 0 Å². The first-order valence-corrected chi connectivity index (χ1v) is 14.1. The number of nitrogens with zero attached hydrogens (tertiary/aromatic N) is 1. The molecule has 0 fully saturated rings. The summed E-state index contributed by atoms with van der Waals surface area (Å²) in [4.78, 5) is 17.5. The van der Waals surface area contributed by atoms with Gasteiger partial charge >= 0.3 is 6.09 Å². The molecule has 41 heavy (non-hydrogen) atoms. The van der Waals surface area contributed by atoms with Crippen molar-refractivity contribution in [3.63, 3.8) is 0 Å². The third-order valence-electron chi connectivity index (χ3n) is 7.39. The first-order chi connectivity index (χ1) is 20.2. The van der Waals surface area contributed by atoms with Crippen molar-refractivity contribution in [1.29, 1.82) is 0 Å². The maximum absolute atomic E-state index is 12.4. The highest BCUT2D eigenvalue weighted by molar-refractivity contribution is 5.84. The summed E-state index contributed by atoms with van der Waals surface area (Å²) < 4.78 is 12.0. The Hall–Kier alpha value is -4.90. The number of nitrogens with one attached hydrogen (secondary N) is 1. The van der Waals surface area contributed by atoms with Gasteiger partial charge in [0.2, 0.25) is 5.89 Å². The molecule has 0 bridgehead atoms. The number of benzene rings is 4. The smallest absolute Gasteiger partial charge is 0.411 e. The van der Waals surface area contributed by atoms with E-state index in [0.29, 0.717) is 5.89 Å². The monoisotopic (exact) mass is 540 g/mol. The van der Waals surface area contributed by atoms with Gasteiger partial charge in [0, 0.05) is 22.4 Å². The van der Waals surface area contributed by atoms with Crippen LogP contribution in [0.4, 0.5) is 10.5 Å². The summed E-state index contributed by atoms with van der Waals surface area (Å²) in [5.74, 6) is 1.73. The van der Waals surface area contributed by atoms with Crippen molar-refractivity contribution < 1.29 is 13.9 Å². The van der Waals surface area contributed by atoms with Crippen LogP contribution in [0.25, 0.3) is 28.2 Å². The largest absolute Gasteiger partial charge is 0.444 e. The van der Waals surface area contributed by atoms with E-state index >= 15 is 0 Å². The van der Waals surface area contributed by atoms with Gasteiger partial charge in [-0.2, -0.15) is 0 Å². The number of hydrogen-bond donors (Lipinski definition) is 1. The Bertz CT molecular complexity index is 1570. The third kappa shape index (κ3) is 6.47. The van der Waals surface area contributed by atoms with Crippen LogP contribution in [0.1, 0.15) is 36.3 Å². The second-order valence-electron chi connectivity index (χ2n) is 10.3. The molecule has 1 aliphatic rings. The fraction of sp³-hybridized carbons (Fsp3) is 0.167. The van der Waals surface area contributed by atoms with Crippen LogP contribution in [0.5, 0.6) is 0 Å². The van der Waals surface area contributed by atoms with Crippen LogP contribution < -0.4 is 5.32 Å². The second-order valence-corrected chi connectivity index (χ2v) is 10.3. The van der Waals surface area contributed by atoms with Gasteiger partial charge in [0.25, 0.3) is 0 Å². The lowest BCUT2D eigenvalue weighted by atomic mass is 9.83. The van der Waals surface area contributed by atoms with Crippen molar-refractivity contribution in [2.75, 3.05) is 5.32 Å². The highest BCUT2D eigenvalue weighted by Gasteiger charge is 2.26. The Kier molecular flexibility index (Phi) is 8.04. The van der Waals surface area contributed by atoms with Gasteiger partial charge in [0.1, 0.15) is 12.3 Å². The molecule has 0 saturated carbocycles. The molecule has 5 nitrogen and oxygen atoms in total. The van der Waals surface area contributed by atoms with E-state index < -0.39 is 6.09 Å². The molecule has 0 radical (unpaired) electrons. The van der Waals surface area contributed by atoms with Gasteiger partial charge in [0.05, 0.1) is 0 Å². The molecule has 1 atom stereocenters. The number of hydrogen-bond acceptors (Lipinski definition) is 4. The molecular weight excluding hydrogens is 508 g/mol. The number of rotatable bonds is 8. The van der Waals surface area contributed by atoms with Crippen LogP contribution >= 0.6 is 0 Å². The Balaban J connectivity index is 1.21. The average Bonchev–Trinajstić information content (AvgIpc) is 3.47. The standard InChI is InChI=1S/C36H32N2O3/c39-36(40-25-26-13-4-1-5-14-26)37-31-21-12-15-27(24-31)23-30-20-10-11-22-32(30)35-38-33(28-16-6-2-7-17-28)34(41-35)29-18-8-3-9-19-29/h1-9,12-19,21-22,24,30H,10-11,20,23,25H2,(H,37,39)/t30-/m0/s1. The summed E-state index contributed by atoms with van der Waals surface area (Å²) in [6.07, 6.45) is 5.81. The van der Waals surface area contributed by atoms with Crippen LogP contribution in [0, 0.1) is 5.92 Å². The van der Waals surface area contributed by atoms with Gasteiger partial charge in [-0.1, -0.05) is 109 Å². The molecule has 1 N–H and O–H groups in total. The lowest BCUT2D eigenvalue weighted by Crippen LogP contribution is -2.14. The number of allylic oxidation sites excluding steroid dienone is 2. The lowest BCUT2D eigenvalue weighted by molar-refractivity contribution is 0.155.